The summed E-state index contributed by atoms with van der Waals surface area (Å²) in [6.07, 6.45) is 8.01. The minimum absolute atomic E-state index is 0. The number of benzene rings is 1. The second-order valence-electron chi connectivity index (χ2n) is 2.76. The number of para-hydroxylation sites is 1. The van der Waals surface area contributed by atoms with E-state index in [9.17, 15) is 0 Å². The van der Waals surface area contributed by atoms with E-state index >= 15 is 0 Å². The summed E-state index contributed by atoms with van der Waals surface area (Å²) in [5.74, 6) is 0. The molecule has 0 aliphatic heterocycles. The molecule has 2 N–H and O–H groups in total. The maximum absolute atomic E-state index is 5.76. The average molecular weight is 260 g/mol. The third-order valence-corrected chi connectivity index (χ3v) is 1.81. The van der Waals surface area contributed by atoms with E-state index < -0.39 is 0 Å². The van der Waals surface area contributed by atoms with Crippen molar-refractivity contribution in [2.24, 2.45) is 0 Å². The van der Waals surface area contributed by atoms with Crippen LogP contribution in [0.15, 0.2) is 36.4 Å². The molecule has 2 heteroatoms. The van der Waals surface area contributed by atoms with Gasteiger partial charge >= 0.3 is 0 Å². The maximum Gasteiger partial charge on any atom is 0.0346 e. The SMILES string of the molecule is [CH-]=CC=[C-]CCc1ccccc1N.[Y]. The molecule has 0 fully saturated rings. The van der Waals surface area contributed by atoms with E-state index in [0.717, 1.165) is 18.5 Å². The molecule has 0 aromatic heterocycles. The Hall–Kier alpha value is -0.396. The Balaban J connectivity index is 0.00000169. The molecule has 1 aromatic rings. The van der Waals surface area contributed by atoms with Gasteiger partial charge in [0.15, 0.2) is 0 Å². The van der Waals surface area contributed by atoms with E-state index in [1.165, 1.54) is 11.6 Å². The molecule has 0 saturated carbocycles. The normalized spacial score (nSPS) is 9.71. The topological polar surface area (TPSA) is 26.0 Å². The molecular formula is C12H13NY-2. The van der Waals surface area contributed by atoms with Crippen molar-refractivity contribution in [3.63, 3.8) is 0 Å². The van der Waals surface area contributed by atoms with Crippen LogP contribution in [0.3, 0.4) is 0 Å². The van der Waals surface area contributed by atoms with Crippen molar-refractivity contribution in [2.75, 3.05) is 5.73 Å². The van der Waals surface area contributed by atoms with Gasteiger partial charge in [0.25, 0.3) is 0 Å². The van der Waals surface area contributed by atoms with Gasteiger partial charge in [-0.15, -0.1) is 6.42 Å². The predicted octanol–water partition coefficient (Wildman–Crippen LogP) is 2.55. The van der Waals surface area contributed by atoms with Gasteiger partial charge in [-0.05, 0) is 18.1 Å². The van der Waals surface area contributed by atoms with Crippen LogP contribution in [0, 0.1) is 12.7 Å². The minimum atomic E-state index is 0. The standard InChI is InChI=1S/C12H13N.Y/c1-2-3-4-5-8-11-9-6-7-10-12(11)13;/h1-3,6-7,9-10H,5,8,13H2;/q-2;. The molecule has 0 bridgehead atoms. The van der Waals surface area contributed by atoms with Gasteiger partial charge in [0.05, 0.1) is 0 Å². The third kappa shape index (κ3) is 4.73. The van der Waals surface area contributed by atoms with Crippen LogP contribution >= 0.6 is 0 Å². The van der Waals surface area contributed by atoms with Crippen molar-refractivity contribution < 1.29 is 32.7 Å². The van der Waals surface area contributed by atoms with Crippen LogP contribution in [0.4, 0.5) is 5.69 Å². The van der Waals surface area contributed by atoms with Crippen LogP contribution < -0.4 is 5.73 Å². The van der Waals surface area contributed by atoms with Gasteiger partial charge in [0.1, 0.15) is 0 Å². The maximum atomic E-state index is 5.76. The van der Waals surface area contributed by atoms with Crippen molar-refractivity contribution in [1.29, 1.82) is 0 Å². The number of hydrogen-bond acceptors (Lipinski definition) is 1. The first-order valence-corrected chi connectivity index (χ1v) is 4.28. The Morgan fingerprint density at radius 2 is 2.07 bits per heavy atom. The quantitative estimate of drug-likeness (QED) is 0.502. The van der Waals surface area contributed by atoms with Crippen molar-refractivity contribution >= 4 is 5.69 Å². The van der Waals surface area contributed by atoms with E-state index in [0.29, 0.717) is 0 Å². The Morgan fingerprint density at radius 3 is 2.71 bits per heavy atom. The third-order valence-electron chi connectivity index (χ3n) is 1.81. The van der Waals surface area contributed by atoms with Gasteiger partial charge < -0.3 is 30.5 Å². The fourth-order valence-electron chi connectivity index (χ4n) is 1.12. The first-order valence-electron chi connectivity index (χ1n) is 4.28. The number of nitrogen functional groups attached to an aromatic ring is 1. The predicted molar refractivity (Wildman–Crippen MR) is 55.9 cm³/mol. The van der Waals surface area contributed by atoms with Crippen molar-refractivity contribution in [1.82, 2.24) is 0 Å². The van der Waals surface area contributed by atoms with Crippen LogP contribution in [0.5, 0.6) is 0 Å². The Morgan fingerprint density at radius 1 is 1.36 bits per heavy atom. The number of nitrogens with two attached hydrogens (primary N) is 1. The molecule has 0 heterocycles. The van der Waals surface area contributed by atoms with Crippen LogP contribution in [-0.4, -0.2) is 0 Å². The number of allylic oxidation sites excluding steroid dienone is 3. The zero-order valence-corrected chi connectivity index (χ0v) is 10.9. The van der Waals surface area contributed by atoms with Gasteiger partial charge in [-0.3, -0.25) is 0 Å². The molecular weight excluding hydrogens is 247 g/mol. The van der Waals surface area contributed by atoms with Crippen LogP contribution in [0.2, 0.25) is 0 Å². The smallest absolute Gasteiger partial charge is 0.0346 e. The first kappa shape index (κ1) is 13.6. The van der Waals surface area contributed by atoms with Crippen molar-refractivity contribution in [3.8, 4) is 0 Å². The summed E-state index contributed by atoms with van der Waals surface area (Å²) in [5, 5.41) is 0. The fraction of sp³-hybridized carbons (Fsp3) is 0.167. The summed E-state index contributed by atoms with van der Waals surface area (Å²) >= 11 is 0. The van der Waals surface area contributed by atoms with Gasteiger partial charge in [-0.2, -0.15) is 0 Å². The molecule has 1 nitrogen and oxygen atoms in total. The molecule has 0 aliphatic carbocycles. The zero-order valence-electron chi connectivity index (χ0n) is 8.11. The molecule has 0 aliphatic rings. The van der Waals surface area contributed by atoms with Crippen molar-refractivity contribution in [2.45, 2.75) is 12.8 Å². The van der Waals surface area contributed by atoms with Crippen LogP contribution in [0.25, 0.3) is 0 Å². The first-order chi connectivity index (χ1) is 6.34. The van der Waals surface area contributed by atoms with E-state index in [2.05, 4.69) is 6.08 Å². The van der Waals surface area contributed by atoms with E-state index in [-0.39, 0.29) is 32.7 Å². The molecule has 71 valence electrons. The van der Waals surface area contributed by atoms with Crippen LogP contribution in [-0.2, 0) is 39.1 Å². The zero-order chi connectivity index (χ0) is 9.52. The molecule has 1 radical (unpaired) electrons. The summed E-state index contributed by atoms with van der Waals surface area (Å²) in [5.41, 5.74) is 7.78. The monoisotopic (exact) mass is 260 g/mol. The van der Waals surface area contributed by atoms with Crippen LogP contribution in [0.1, 0.15) is 12.0 Å². The molecule has 0 atom stereocenters. The fourth-order valence-corrected chi connectivity index (χ4v) is 1.12. The van der Waals surface area contributed by atoms with Gasteiger partial charge in [-0.25, -0.2) is 0 Å². The summed E-state index contributed by atoms with van der Waals surface area (Å²) in [6, 6.07) is 7.87. The summed E-state index contributed by atoms with van der Waals surface area (Å²) < 4.78 is 0. The summed E-state index contributed by atoms with van der Waals surface area (Å²) in [6.45, 7) is 5.17. The largest absolute Gasteiger partial charge is 0.399 e. The summed E-state index contributed by atoms with van der Waals surface area (Å²) in [4.78, 5) is 0. The van der Waals surface area contributed by atoms with Gasteiger partial charge in [0, 0.05) is 38.4 Å². The molecule has 0 unspecified atom stereocenters. The second-order valence-corrected chi connectivity index (χ2v) is 2.76. The Kier molecular flexibility index (Phi) is 7.73. The average Bonchev–Trinajstić information content (AvgIpc) is 2.15. The molecule has 14 heavy (non-hydrogen) atoms. The molecule has 1 rings (SSSR count). The van der Waals surface area contributed by atoms with E-state index in [1.54, 1.807) is 6.08 Å². The van der Waals surface area contributed by atoms with Gasteiger partial charge in [-0.1, -0.05) is 18.2 Å². The number of hydrogen-bond donors (Lipinski definition) is 1. The van der Waals surface area contributed by atoms with E-state index in [1.807, 2.05) is 24.3 Å². The van der Waals surface area contributed by atoms with Gasteiger partial charge in [0.2, 0.25) is 0 Å². The molecule has 0 spiro atoms. The number of rotatable bonds is 4. The number of anilines is 1. The Bertz CT molecular complexity index is 305. The second kappa shape index (κ2) is 7.96. The van der Waals surface area contributed by atoms with Crippen molar-refractivity contribution in [3.05, 3.63) is 54.6 Å². The number of aryl methyl sites for hydroxylation is 1. The molecule has 0 saturated heterocycles. The molecule has 0 amide bonds. The minimum Gasteiger partial charge on any atom is -0.399 e. The Labute approximate surface area is 111 Å². The van der Waals surface area contributed by atoms with E-state index in [4.69, 9.17) is 12.3 Å². The molecule has 1 aromatic carbocycles. The summed E-state index contributed by atoms with van der Waals surface area (Å²) in [7, 11) is 0.